The molecule has 0 N–H and O–H groups in total. The molecule has 9 heavy (non-hydrogen) atoms. The molecule has 3 heteroatoms. The van der Waals surface area contributed by atoms with Crippen LogP contribution in [0.5, 0.6) is 0 Å². The van der Waals surface area contributed by atoms with Crippen molar-refractivity contribution in [1.82, 2.24) is 5.06 Å². The van der Waals surface area contributed by atoms with E-state index in [0.717, 1.165) is 6.42 Å². The summed E-state index contributed by atoms with van der Waals surface area (Å²) in [5, 5.41) is 1.33. The van der Waals surface area contributed by atoms with E-state index in [1.54, 1.807) is 0 Å². The van der Waals surface area contributed by atoms with E-state index in [9.17, 15) is 4.79 Å². The normalized spacial score (nSPS) is 18.0. The molecule has 0 unspecified atom stereocenters. The van der Waals surface area contributed by atoms with Crippen molar-refractivity contribution in [2.24, 2.45) is 0 Å². The van der Waals surface area contributed by atoms with Crippen LogP contribution in [0.15, 0.2) is 12.7 Å². The second-order valence-electron chi connectivity index (χ2n) is 1.83. The van der Waals surface area contributed by atoms with Crippen molar-refractivity contribution in [3.8, 4) is 0 Å². The summed E-state index contributed by atoms with van der Waals surface area (Å²) < 4.78 is 0. The van der Waals surface area contributed by atoms with E-state index >= 15 is 0 Å². The van der Waals surface area contributed by atoms with Crippen LogP contribution in [-0.4, -0.2) is 24.1 Å². The molecule has 0 aromatic carbocycles. The average Bonchev–Trinajstić information content (AvgIpc) is 2.37. The maximum absolute atomic E-state index is 10.7. The number of carbonyl (C=O) groups is 1. The zero-order chi connectivity index (χ0) is 6.69. The van der Waals surface area contributed by atoms with E-state index < -0.39 is 0 Å². The summed E-state index contributed by atoms with van der Waals surface area (Å²) in [4.78, 5) is 15.6. The Kier molecular flexibility index (Phi) is 1.85. The quantitative estimate of drug-likeness (QED) is 0.475. The third kappa shape index (κ3) is 1.29. The molecule has 0 bridgehead atoms. The number of hydrogen-bond donors (Lipinski definition) is 0. The predicted octanol–water partition coefficient (Wildman–Crippen LogP) is 0.336. The van der Waals surface area contributed by atoms with Gasteiger partial charge in [0.25, 0.3) is 5.91 Å². The van der Waals surface area contributed by atoms with Crippen LogP contribution in [-0.2, 0) is 9.63 Å². The van der Waals surface area contributed by atoms with E-state index in [1.165, 1.54) is 11.1 Å². The van der Waals surface area contributed by atoms with Crippen LogP contribution >= 0.6 is 0 Å². The van der Waals surface area contributed by atoms with E-state index in [1.807, 2.05) is 0 Å². The Labute approximate surface area is 53.9 Å². The summed E-state index contributed by atoms with van der Waals surface area (Å²) in [6, 6.07) is 0. The van der Waals surface area contributed by atoms with Crippen molar-refractivity contribution in [3.05, 3.63) is 12.7 Å². The zero-order valence-electron chi connectivity index (χ0n) is 5.17. The van der Waals surface area contributed by atoms with Crippen molar-refractivity contribution < 1.29 is 9.63 Å². The minimum absolute atomic E-state index is 0.146. The van der Waals surface area contributed by atoms with E-state index in [0.29, 0.717) is 13.2 Å². The first kappa shape index (κ1) is 6.29. The van der Waals surface area contributed by atoms with Gasteiger partial charge in [0.1, 0.15) is 0 Å². The van der Waals surface area contributed by atoms with Gasteiger partial charge >= 0.3 is 0 Å². The van der Waals surface area contributed by atoms with E-state index in [-0.39, 0.29) is 5.91 Å². The summed E-state index contributed by atoms with van der Waals surface area (Å²) in [5.74, 6) is -0.146. The molecule has 1 aliphatic heterocycles. The first-order valence-electron chi connectivity index (χ1n) is 2.91. The van der Waals surface area contributed by atoms with Crippen molar-refractivity contribution in [3.63, 3.8) is 0 Å². The van der Waals surface area contributed by atoms with E-state index in [4.69, 9.17) is 4.84 Å². The Hall–Kier alpha value is -0.830. The molecule has 50 valence electrons. The number of carbonyl (C=O) groups excluding carboxylic acids is 1. The maximum Gasteiger partial charge on any atom is 0.269 e. The number of nitrogens with zero attached hydrogens (tertiary/aromatic N) is 1. The molecule has 0 aromatic heterocycles. The Bertz CT molecular complexity index is 127. The lowest BCUT2D eigenvalue weighted by Gasteiger charge is -2.09. The van der Waals surface area contributed by atoms with Crippen molar-refractivity contribution in [2.45, 2.75) is 6.42 Å². The highest BCUT2D eigenvalue weighted by Gasteiger charge is 2.15. The van der Waals surface area contributed by atoms with Gasteiger partial charge in [0, 0.05) is 0 Å². The largest absolute Gasteiger partial charge is 0.271 e. The van der Waals surface area contributed by atoms with Gasteiger partial charge in [-0.05, 0) is 12.5 Å². The summed E-state index contributed by atoms with van der Waals surface area (Å²) in [7, 11) is 0. The van der Waals surface area contributed by atoms with Gasteiger partial charge in [0.05, 0.1) is 13.2 Å². The van der Waals surface area contributed by atoms with Crippen LogP contribution in [0.4, 0.5) is 0 Å². The average molecular weight is 127 g/mol. The van der Waals surface area contributed by atoms with Gasteiger partial charge in [0.15, 0.2) is 0 Å². The maximum atomic E-state index is 10.7. The van der Waals surface area contributed by atoms with Crippen LogP contribution in [0.1, 0.15) is 6.42 Å². The Balaban J connectivity index is 2.41. The standard InChI is InChI=1S/C6H9NO2/c1-2-6(8)7-4-3-5-9-7/h2H,1,3-5H2. The molecular formula is C6H9NO2. The van der Waals surface area contributed by atoms with Crippen LogP contribution in [0.3, 0.4) is 0 Å². The number of amides is 1. The summed E-state index contributed by atoms with van der Waals surface area (Å²) in [5.41, 5.74) is 0. The highest BCUT2D eigenvalue weighted by atomic mass is 16.7. The molecule has 1 heterocycles. The highest BCUT2D eigenvalue weighted by molar-refractivity contribution is 5.86. The third-order valence-electron chi connectivity index (χ3n) is 1.17. The first-order chi connectivity index (χ1) is 4.34. The van der Waals surface area contributed by atoms with Crippen molar-refractivity contribution in [2.75, 3.05) is 13.2 Å². The first-order valence-corrected chi connectivity index (χ1v) is 2.91. The second-order valence-corrected chi connectivity index (χ2v) is 1.83. The number of rotatable bonds is 1. The molecule has 0 saturated carbocycles. The molecule has 1 fully saturated rings. The van der Waals surface area contributed by atoms with Gasteiger partial charge in [0.2, 0.25) is 0 Å². The van der Waals surface area contributed by atoms with Crippen LogP contribution in [0.2, 0.25) is 0 Å². The second kappa shape index (κ2) is 2.64. The topological polar surface area (TPSA) is 29.5 Å². The Morgan fingerprint density at radius 1 is 1.78 bits per heavy atom. The fraction of sp³-hybridized carbons (Fsp3) is 0.500. The molecule has 0 aromatic rings. The molecule has 0 atom stereocenters. The lowest BCUT2D eigenvalue weighted by atomic mass is 10.4. The fourth-order valence-corrected chi connectivity index (χ4v) is 0.723. The van der Waals surface area contributed by atoms with Gasteiger partial charge in [-0.2, -0.15) is 0 Å². The van der Waals surface area contributed by atoms with Gasteiger partial charge in [-0.3, -0.25) is 9.63 Å². The van der Waals surface area contributed by atoms with Gasteiger partial charge in [-0.1, -0.05) is 6.58 Å². The molecule has 3 nitrogen and oxygen atoms in total. The van der Waals surface area contributed by atoms with Crippen LogP contribution in [0, 0.1) is 0 Å². The Morgan fingerprint density at radius 2 is 2.56 bits per heavy atom. The molecule has 1 amide bonds. The third-order valence-corrected chi connectivity index (χ3v) is 1.17. The smallest absolute Gasteiger partial charge is 0.269 e. The summed E-state index contributed by atoms with van der Waals surface area (Å²) >= 11 is 0. The Morgan fingerprint density at radius 3 is 3.00 bits per heavy atom. The molecule has 1 saturated heterocycles. The monoisotopic (exact) mass is 127 g/mol. The molecular weight excluding hydrogens is 118 g/mol. The van der Waals surface area contributed by atoms with Crippen molar-refractivity contribution in [1.29, 1.82) is 0 Å². The predicted molar refractivity (Wildman–Crippen MR) is 32.5 cm³/mol. The molecule has 1 aliphatic rings. The molecule has 0 aliphatic carbocycles. The number of hydroxylamine groups is 2. The van der Waals surface area contributed by atoms with Gasteiger partial charge < -0.3 is 0 Å². The SMILES string of the molecule is C=CC(=O)N1CCCO1. The lowest BCUT2D eigenvalue weighted by Crippen LogP contribution is -2.23. The van der Waals surface area contributed by atoms with Crippen LogP contribution in [0.25, 0.3) is 0 Å². The van der Waals surface area contributed by atoms with Crippen molar-refractivity contribution >= 4 is 5.91 Å². The minimum Gasteiger partial charge on any atom is -0.271 e. The van der Waals surface area contributed by atoms with Crippen LogP contribution < -0.4 is 0 Å². The summed E-state index contributed by atoms with van der Waals surface area (Å²) in [6.45, 7) is 4.69. The van der Waals surface area contributed by atoms with Gasteiger partial charge in [-0.15, -0.1) is 0 Å². The number of hydrogen-bond acceptors (Lipinski definition) is 2. The molecule has 0 radical (unpaired) electrons. The fourth-order valence-electron chi connectivity index (χ4n) is 0.723. The lowest BCUT2D eigenvalue weighted by molar-refractivity contribution is -0.162. The minimum atomic E-state index is -0.146. The molecule has 1 rings (SSSR count). The van der Waals surface area contributed by atoms with E-state index in [2.05, 4.69) is 6.58 Å². The zero-order valence-corrected chi connectivity index (χ0v) is 5.17. The van der Waals surface area contributed by atoms with Gasteiger partial charge in [-0.25, -0.2) is 5.06 Å². The summed E-state index contributed by atoms with van der Waals surface area (Å²) in [6.07, 6.45) is 2.19. The molecule has 0 spiro atoms. The highest BCUT2D eigenvalue weighted by Crippen LogP contribution is 2.03.